The number of anilines is 3. The Bertz CT molecular complexity index is 3330. The minimum Gasteiger partial charge on any atom is -0.455 e. The fraction of sp³-hybridized carbons (Fsp3) is 0. The molecule has 0 aliphatic heterocycles. The number of rotatable bonds is 9. The van der Waals surface area contributed by atoms with Crippen LogP contribution in [0.3, 0.4) is 0 Å². The van der Waals surface area contributed by atoms with Crippen LogP contribution >= 0.6 is 0 Å². The van der Waals surface area contributed by atoms with E-state index in [1.165, 1.54) is 44.5 Å². The van der Waals surface area contributed by atoms with Crippen molar-refractivity contribution in [3.63, 3.8) is 0 Å². The van der Waals surface area contributed by atoms with Gasteiger partial charge in [0.2, 0.25) is 0 Å². The number of fused-ring (bicyclic) bond motifs is 3. The molecule has 1 aromatic heterocycles. The van der Waals surface area contributed by atoms with Crippen LogP contribution in [-0.2, 0) is 0 Å². The van der Waals surface area contributed by atoms with E-state index < -0.39 is 0 Å². The SMILES string of the molecule is c1ccc(-c2cccc(-c3ccc(N(c4ccc(-c5cccc6c5oc5ccccc56)cc4)c4ccccc4-c4ccccc4-c4ccccc4-c4ccccc4)cc3)c2)cc1. The van der Waals surface area contributed by atoms with E-state index in [0.717, 1.165) is 61.3 Å². The fourth-order valence-corrected chi connectivity index (χ4v) is 8.94. The van der Waals surface area contributed by atoms with E-state index in [2.05, 4.69) is 241 Å². The average molecular weight is 792 g/mol. The quantitative estimate of drug-likeness (QED) is 0.145. The van der Waals surface area contributed by atoms with Crippen LogP contribution < -0.4 is 4.90 Å². The van der Waals surface area contributed by atoms with Gasteiger partial charge in [0.25, 0.3) is 0 Å². The van der Waals surface area contributed by atoms with Crippen LogP contribution in [0.2, 0.25) is 0 Å². The Morgan fingerprint density at radius 1 is 0.258 bits per heavy atom. The lowest BCUT2D eigenvalue weighted by molar-refractivity contribution is 0.670. The molecule has 0 aliphatic rings. The van der Waals surface area contributed by atoms with E-state index in [1.807, 2.05) is 12.1 Å². The van der Waals surface area contributed by atoms with Crippen molar-refractivity contribution in [2.75, 3.05) is 4.90 Å². The van der Waals surface area contributed by atoms with Gasteiger partial charge in [-0.05, 0) is 98.1 Å². The maximum Gasteiger partial charge on any atom is 0.143 e. The summed E-state index contributed by atoms with van der Waals surface area (Å²) in [5.41, 5.74) is 19.0. The van der Waals surface area contributed by atoms with Gasteiger partial charge in [-0.3, -0.25) is 0 Å². The number of nitrogens with zero attached hydrogens (tertiary/aromatic N) is 1. The molecule has 0 saturated heterocycles. The van der Waals surface area contributed by atoms with Crippen molar-refractivity contribution < 1.29 is 4.42 Å². The monoisotopic (exact) mass is 791 g/mol. The van der Waals surface area contributed by atoms with Gasteiger partial charge in [-0.25, -0.2) is 0 Å². The van der Waals surface area contributed by atoms with Crippen molar-refractivity contribution in [2.24, 2.45) is 0 Å². The molecule has 0 saturated carbocycles. The van der Waals surface area contributed by atoms with Crippen molar-refractivity contribution in [3.8, 4) is 66.8 Å². The van der Waals surface area contributed by atoms with Crippen LogP contribution in [-0.4, -0.2) is 0 Å². The predicted molar refractivity (Wildman–Crippen MR) is 261 cm³/mol. The van der Waals surface area contributed by atoms with Gasteiger partial charge in [0.05, 0.1) is 5.69 Å². The van der Waals surface area contributed by atoms with E-state index >= 15 is 0 Å². The number of hydrogen-bond donors (Lipinski definition) is 0. The van der Waals surface area contributed by atoms with Gasteiger partial charge in [-0.1, -0.05) is 206 Å². The smallest absolute Gasteiger partial charge is 0.143 e. The lowest BCUT2D eigenvalue weighted by atomic mass is 9.88. The molecule has 62 heavy (non-hydrogen) atoms. The normalized spacial score (nSPS) is 11.2. The lowest BCUT2D eigenvalue weighted by Crippen LogP contribution is -2.11. The third-order valence-electron chi connectivity index (χ3n) is 11.9. The highest BCUT2D eigenvalue weighted by Gasteiger charge is 2.21. The Morgan fingerprint density at radius 3 is 1.35 bits per heavy atom. The van der Waals surface area contributed by atoms with Gasteiger partial charge in [0.15, 0.2) is 0 Å². The molecule has 2 heteroatoms. The topological polar surface area (TPSA) is 16.4 Å². The molecular formula is C60H41NO. The fourth-order valence-electron chi connectivity index (χ4n) is 8.94. The van der Waals surface area contributed by atoms with Crippen LogP contribution in [0.5, 0.6) is 0 Å². The van der Waals surface area contributed by atoms with Gasteiger partial charge < -0.3 is 9.32 Å². The zero-order chi connectivity index (χ0) is 41.2. The number of hydrogen-bond acceptors (Lipinski definition) is 2. The van der Waals surface area contributed by atoms with Gasteiger partial charge in [0, 0.05) is 33.3 Å². The molecular weight excluding hydrogens is 751 g/mol. The largest absolute Gasteiger partial charge is 0.455 e. The molecule has 0 unspecified atom stereocenters. The first-order chi connectivity index (χ1) is 30.8. The predicted octanol–water partition coefficient (Wildman–Crippen LogP) is 17.1. The first-order valence-corrected chi connectivity index (χ1v) is 21.2. The Labute approximate surface area is 362 Å². The standard InChI is InChI=1S/C60H41NO/c1-3-17-42(18-4-1)46-21-15-22-47(41-46)43-33-37-48(38-34-43)61(49-39-35-45(36-40-49)51-29-16-30-57-56-28-12-14-32-59(56)62-60(51)57)58-31-13-11-27-55(58)54-26-10-9-25-53(54)52-24-8-7-23-50(52)44-19-5-2-6-20-44/h1-41H. The zero-order valence-corrected chi connectivity index (χ0v) is 34.0. The molecule has 2 nitrogen and oxygen atoms in total. The molecule has 0 aliphatic carbocycles. The second kappa shape index (κ2) is 16.1. The highest BCUT2D eigenvalue weighted by atomic mass is 16.3. The van der Waals surface area contributed by atoms with E-state index in [4.69, 9.17) is 4.42 Å². The summed E-state index contributed by atoms with van der Waals surface area (Å²) in [5, 5.41) is 2.25. The summed E-state index contributed by atoms with van der Waals surface area (Å²) in [4.78, 5) is 2.39. The van der Waals surface area contributed by atoms with E-state index in [0.29, 0.717) is 0 Å². The van der Waals surface area contributed by atoms with Gasteiger partial charge in [0.1, 0.15) is 11.2 Å². The molecule has 11 aromatic rings. The maximum absolute atomic E-state index is 6.47. The number of furan rings is 1. The second-order valence-electron chi connectivity index (χ2n) is 15.6. The summed E-state index contributed by atoms with van der Waals surface area (Å²) in [6, 6.07) is 89.0. The molecule has 0 spiro atoms. The Hall–Kier alpha value is -8.20. The number of para-hydroxylation sites is 3. The molecule has 0 atom stereocenters. The first-order valence-electron chi connectivity index (χ1n) is 21.2. The minimum absolute atomic E-state index is 0.899. The summed E-state index contributed by atoms with van der Waals surface area (Å²) in [5.74, 6) is 0. The zero-order valence-electron chi connectivity index (χ0n) is 34.0. The summed E-state index contributed by atoms with van der Waals surface area (Å²) >= 11 is 0. The van der Waals surface area contributed by atoms with E-state index in [-0.39, 0.29) is 0 Å². The van der Waals surface area contributed by atoms with Crippen molar-refractivity contribution in [1.29, 1.82) is 0 Å². The molecule has 0 fully saturated rings. The molecule has 10 aromatic carbocycles. The minimum atomic E-state index is 0.899. The first kappa shape index (κ1) is 36.8. The van der Waals surface area contributed by atoms with Crippen molar-refractivity contribution in [1.82, 2.24) is 0 Å². The van der Waals surface area contributed by atoms with Crippen LogP contribution in [0, 0.1) is 0 Å². The molecule has 11 rings (SSSR count). The summed E-state index contributed by atoms with van der Waals surface area (Å²) in [6.45, 7) is 0. The third kappa shape index (κ3) is 6.84. The summed E-state index contributed by atoms with van der Waals surface area (Å²) in [6.07, 6.45) is 0. The van der Waals surface area contributed by atoms with Crippen LogP contribution in [0.25, 0.3) is 88.7 Å². The molecule has 292 valence electrons. The summed E-state index contributed by atoms with van der Waals surface area (Å²) in [7, 11) is 0. The van der Waals surface area contributed by atoms with Crippen LogP contribution in [0.1, 0.15) is 0 Å². The molecule has 0 bridgehead atoms. The second-order valence-corrected chi connectivity index (χ2v) is 15.6. The average Bonchev–Trinajstić information content (AvgIpc) is 3.75. The highest BCUT2D eigenvalue weighted by Crippen LogP contribution is 2.46. The van der Waals surface area contributed by atoms with E-state index in [1.54, 1.807) is 0 Å². The Morgan fingerprint density at radius 2 is 0.677 bits per heavy atom. The lowest BCUT2D eigenvalue weighted by Gasteiger charge is -2.29. The molecule has 0 radical (unpaired) electrons. The van der Waals surface area contributed by atoms with Crippen LogP contribution in [0.15, 0.2) is 253 Å². The third-order valence-corrected chi connectivity index (χ3v) is 11.9. The highest BCUT2D eigenvalue weighted by molar-refractivity contribution is 6.09. The van der Waals surface area contributed by atoms with Gasteiger partial charge in [-0.15, -0.1) is 0 Å². The van der Waals surface area contributed by atoms with Crippen LogP contribution in [0.4, 0.5) is 17.1 Å². The summed E-state index contributed by atoms with van der Waals surface area (Å²) < 4.78 is 6.47. The molecule has 1 heterocycles. The Kier molecular flexibility index (Phi) is 9.57. The van der Waals surface area contributed by atoms with Crippen molar-refractivity contribution >= 4 is 39.0 Å². The molecule has 0 amide bonds. The van der Waals surface area contributed by atoms with Crippen molar-refractivity contribution in [2.45, 2.75) is 0 Å². The maximum atomic E-state index is 6.47. The Balaban J connectivity index is 1.05. The van der Waals surface area contributed by atoms with E-state index in [9.17, 15) is 0 Å². The molecule has 0 N–H and O–H groups in total. The van der Waals surface area contributed by atoms with Crippen molar-refractivity contribution in [3.05, 3.63) is 249 Å². The van der Waals surface area contributed by atoms with Gasteiger partial charge in [-0.2, -0.15) is 0 Å². The van der Waals surface area contributed by atoms with Gasteiger partial charge >= 0.3 is 0 Å². The number of benzene rings is 10.